The molecule has 8 heteroatoms. The predicted molar refractivity (Wildman–Crippen MR) is 139 cm³/mol. The summed E-state index contributed by atoms with van der Waals surface area (Å²) in [6.45, 7) is 2.86. The molecule has 1 heterocycles. The summed E-state index contributed by atoms with van der Waals surface area (Å²) >= 11 is 1.70. The van der Waals surface area contributed by atoms with Crippen LogP contribution in [0.4, 0.5) is 0 Å². The molecule has 0 spiro atoms. The van der Waals surface area contributed by atoms with E-state index >= 15 is 0 Å². The molecule has 7 nitrogen and oxygen atoms in total. The second-order valence-corrected chi connectivity index (χ2v) is 9.23. The molecule has 0 aliphatic carbocycles. The fourth-order valence-electron chi connectivity index (χ4n) is 3.72. The van der Waals surface area contributed by atoms with Crippen LogP contribution in [0.3, 0.4) is 0 Å². The van der Waals surface area contributed by atoms with Crippen molar-refractivity contribution in [2.24, 2.45) is 10.7 Å². The van der Waals surface area contributed by atoms with Gasteiger partial charge in [-0.2, -0.15) is 0 Å². The van der Waals surface area contributed by atoms with E-state index in [-0.39, 0.29) is 17.8 Å². The first-order valence-corrected chi connectivity index (χ1v) is 11.7. The largest absolute Gasteiger partial charge is 0.493 e. The number of rotatable bonds is 9. The van der Waals surface area contributed by atoms with Crippen LogP contribution in [-0.2, 0) is 6.54 Å². The molecule has 2 aromatic carbocycles. The van der Waals surface area contributed by atoms with Gasteiger partial charge in [0.15, 0.2) is 11.5 Å². The van der Waals surface area contributed by atoms with Crippen LogP contribution >= 0.6 is 11.3 Å². The zero-order chi connectivity index (χ0) is 24.8. The van der Waals surface area contributed by atoms with Crippen molar-refractivity contribution in [2.75, 3.05) is 35.4 Å². The van der Waals surface area contributed by atoms with Crippen molar-refractivity contribution in [3.8, 4) is 21.9 Å². The lowest BCUT2D eigenvalue weighted by atomic mass is 10.0. The number of methoxy groups -OCH3 is 2. The van der Waals surface area contributed by atoms with Gasteiger partial charge in [-0.05, 0) is 56.4 Å². The van der Waals surface area contributed by atoms with Gasteiger partial charge in [0.1, 0.15) is 5.84 Å². The van der Waals surface area contributed by atoms with Crippen molar-refractivity contribution in [3.63, 3.8) is 0 Å². The molecule has 1 atom stereocenters. The Balaban J connectivity index is 1.96. The number of hydrogen-bond acceptors (Lipinski definition) is 6. The highest BCUT2D eigenvalue weighted by molar-refractivity contribution is 7.15. The maximum absolute atomic E-state index is 12.5. The van der Waals surface area contributed by atoms with Gasteiger partial charge in [-0.15, -0.1) is 11.3 Å². The molecule has 34 heavy (non-hydrogen) atoms. The van der Waals surface area contributed by atoms with Crippen LogP contribution in [0.25, 0.3) is 10.4 Å². The van der Waals surface area contributed by atoms with Crippen LogP contribution in [0.2, 0.25) is 0 Å². The normalized spacial score (nSPS) is 12.5. The smallest absolute Gasteiger partial charge is 0.251 e. The molecule has 3 aromatic rings. The number of benzene rings is 2. The summed E-state index contributed by atoms with van der Waals surface area (Å²) in [7, 11) is 8.77. The van der Waals surface area contributed by atoms with Crippen molar-refractivity contribution in [1.82, 2.24) is 10.2 Å². The van der Waals surface area contributed by atoms with Gasteiger partial charge in [-0.3, -0.25) is 9.79 Å². The molecule has 180 valence electrons. The third kappa shape index (κ3) is 5.58. The lowest BCUT2D eigenvalue weighted by Gasteiger charge is -2.15. The molecular weight excluding hydrogens is 448 g/mol. The lowest BCUT2D eigenvalue weighted by molar-refractivity contribution is 0.0962. The highest BCUT2D eigenvalue weighted by Gasteiger charge is 2.20. The summed E-state index contributed by atoms with van der Waals surface area (Å²) in [5.74, 6) is 0.907. The molecule has 0 saturated heterocycles. The molecule has 0 bridgehead atoms. The number of carbonyl (C=O) groups is 1. The maximum atomic E-state index is 12.5. The number of ether oxygens (including phenoxy) is 2. The summed E-state index contributed by atoms with van der Waals surface area (Å²) in [6.07, 6.45) is 0. The summed E-state index contributed by atoms with van der Waals surface area (Å²) < 4.78 is 10.8. The Morgan fingerprint density at radius 3 is 2.35 bits per heavy atom. The molecule has 1 unspecified atom stereocenters. The number of carbonyl (C=O) groups excluding carboxylic acids is 1. The number of nitrogens with zero attached hydrogens (tertiary/aromatic N) is 2. The molecule has 3 rings (SSSR count). The van der Waals surface area contributed by atoms with Crippen LogP contribution in [0.5, 0.6) is 11.5 Å². The summed E-state index contributed by atoms with van der Waals surface area (Å²) in [6, 6.07) is 15.8. The fourth-order valence-corrected chi connectivity index (χ4v) is 4.78. The number of hydrogen-bond donors (Lipinski definition) is 2. The summed E-state index contributed by atoms with van der Waals surface area (Å²) in [4.78, 5) is 21.7. The van der Waals surface area contributed by atoms with Crippen LogP contribution in [-0.4, -0.2) is 52.0 Å². The zero-order valence-corrected chi connectivity index (χ0v) is 21.3. The topological polar surface area (TPSA) is 89.2 Å². The van der Waals surface area contributed by atoms with E-state index in [1.165, 1.54) is 23.1 Å². The van der Waals surface area contributed by atoms with Crippen LogP contribution < -0.4 is 20.5 Å². The van der Waals surface area contributed by atoms with Crippen molar-refractivity contribution in [3.05, 3.63) is 70.1 Å². The Morgan fingerprint density at radius 2 is 1.74 bits per heavy atom. The predicted octanol–water partition coefficient (Wildman–Crippen LogP) is 4.32. The SMILES string of the molecule is CNC(=O)c1cc(OC)c(OC)cc1C(N)=NC(C)c1ccc(-c2ccccc2CN(C)C)s1. The van der Waals surface area contributed by atoms with Gasteiger partial charge in [-0.1, -0.05) is 24.3 Å². The van der Waals surface area contributed by atoms with Gasteiger partial charge in [0.2, 0.25) is 0 Å². The first-order valence-electron chi connectivity index (χ1n) is 10.9. The highest BCUT2D eigenvalue weighted by Crippen LogP contribution is 2.35. The molecule has 0 aliphatic heterocycles. The monoisotopic (exact) mass is 480 g/mol. The van der Waals surface area contributed by atoms with Gasteiger partial charge < -0.3 is 25.4 Å². The minimum Gasteiger partial charge on any atom is -0.493 e. The lowest BCUT2D eigenvalue weighted by Crippen LogP contribution is -2.24. The summed E-state index contributed by atoms with van der Waals surface area (Å²) in [5, 5.41) is 2.64. The molecule has 0 aliphatic rings. The van der Waals surface area contributed by atoms with Crippen molar-refractivity contribution < 1.29 is 14.3 Å². The molecule has 3 N–H and O–H groups in total. The van der Waals surface area contributed by atoms with E-state index in [0.717, 1.165) is 11.4 Å². The Hall–Kier alpha value is -3.36. The third-order valence-electron chi connectivity index (χ3n) is 5.41. The van der Waals surface area contributed by atoms with E-state index in [9.17, 15) is 4.79 Å². The Bertz CT molecular complexity index is 1190. The van der Waals surface area contributed by atoms with Gasteiger partial charge in [0.05, 0.1) is 25.8 Å². The number of amides is 1. The maximum Gasteiger partial charge on any atom is 0.251 e. The average Bonchev–Trinajstić information content (AvgIpc) is 3.32. The number of aliphatic imine (C=N–C) groups is 1. The highest BCUT2D eigenvalue weighted by atomic mass is 32.1. The van der Waals surface area contributed by atoms with Gasteiger partial charge in [0, 0.05) is 28.9 Å². The van der Waals surface area contributed by atoms with E-state index in [1.54, 1.807) is 37.6 Å². The molecule has 0 radical (unpaired) electrons. The standard InChI is InChI=1S/C26H32N4O3S/c1-16(23-11-12-24(34-23)18-10-8-7-9-17(18)15-30(3)4)29-25(27)19-13-21(32-5)22(33-6)14-20(19)26(31)28-2/h7-14,16H,15H2,1-6H3,(H2,27,29)(H,28,31). The Labute approximate surface area is 205 Å². The number of nitrogens with one attached hydrogen (secondary N) is 1. The molecule has 1 aromatic heterocycles. The first-order chi connectivity index (χ1) is 16.3. The molecule has 0 fully saturated rings. The van der Waals surface area contributed by atoms with Crippen LogP contribution in [0.15, 0.2) is 53.5 Å². The van der Waals surface area contributed by atoms with Crippen LogP contribution in [0.1, 0.15) is 39.3 Å². The van der Waals surface area contributed by atoms with Gasteiger partial charge in [0.25, 0.3) is 5.91 Å². The third-order valence-corrected chi connectivity index (χ3v) is 6.70. The average molecular weight is 481 g/mol. The van der Waals surface area contributed by atoms with E-state index in [0.29, 0.717) is 22.6 Å². The van der Waals surface area contributed by atoms with E-state index in [2.05, 4.69) is 60.7 Å². The fraction of sp³-hybridized carbons (Fsp3) is 0.308. The number of amidine groups is 1. The summed E-state index contributed by atoms with van der Waals surface area (Å²) in [5.41, 5.74) is 9.78. The van der Waals surface area contributed by atoms with Gasteiger partial charge >= 0.3 is 0 Å². The zero-order valence-electron chi connectivity index (χ0n) is 20.5. The number of nitrogens with two attached hydrogens (primary N) is 1. The minimum absolute atomic E-state index is 0.189. The first kappa shape index (κ1) is 25.3. The van der Waals surface area contributed by atoms with Gasteiger partial charge in [-0.25, -0.2) is 0 Å². The van der Waals surface area contributed by atoms with E-state index < -0.39 is 0 Å². The van der Waals surface area contributed by atoms with Crippen LogP contribution in [0, 0.1) is 0 Å². The van der Waals surface area contributed by atoms with Crippen molar-refractivity contribution >= 4 is 23.1 Å². The van der Waals surface area contributed by atoms with E-state index in [1.807, 2.05) is 6.92 Å². The molecule has 1 amide bonds. The van der Waals surface area contributed by atoms with E-state index in [4.69, 9.17) is 20.2 Å². The molecular formula is C26H32N4O3S. The second-order valence-electron chi connectivity index (χ2n) is 8.12. The number of thiophene rings is 1. The molecule has 0 saturated carbocycles. The Morgan fingerprint density at radius 1 is 1.09 bits per heavy atom. The second kappa shape index (κ2) is 11.2. The van der Waals surface area contributed by atoms with Crippen molar-refractivity contribution in [1.29, 1.82) is 0 Å². The Kier molecular flexibility index (Phi) is 8.31. The quantitative estimate of drug-likeness (QED) is 0.352. The minimum atomic E-state index is -0.280. The van der Waals surface area contributed by atoms with Crippen molar-refractivity contribution in [2.45, 2.75) is 19.5 Å².